The van der Waals surface area contributed by atoms with Crippen LogP contribution in [0.2, 0.25) is 0 Å². The van der Waals surface area contributed by atoms with Crippen LogP contribution in [0.1, 0.15) is 54.9 Å². The van der Waals surface area contributed by atoms with E-state index in [1.165, 1.54) is 11.1 Å². The van der Waals surface area contributed by atoms with E-state index in [1.807, 2.05) is 47.4 Å². The van der Waals surface area contributed by atoms with Gasteiger partial charge in [-0.1, -0.05) is 48.5 Å². The third-order valence-electron chi connectivity index (χ3n) is 7.21. The Morgan fingerprint density at radius 1 is 0.974 bits per heavy atom. The second-order valence-corrected chi connectivity index (χ2v) is 11.0. The predicted octanol–water partition coefficient (Wildman–Crippen LogP) is 6.25. The first-order valence-electron chi connectivity index (χ1n) is 13.0. The van der Waals surface area contributed by atoms with E-state index in [9.17, 15) is 9.59 Å². The minimum absolute atomic E-state index is 0.0691. The second-order valence-electron chi connectivity index (χ2n) is 9.92. The fourth-order valence-corrected chi connectivity index (χ4v) is 6.07. The second kappa shape index (κ2) is 11.3. The molecule has 3 aromatic carbocycles. The number of nitrogens with one attached hydrogen (secondary N) is 1. The van der Waals surface area contributed by atoms with Crippen LogP contribution in [0.25, 0.3) is 5.69 Å². The molecule has 4 aromatic rings. The van der Waals surface area contributed by atoms with E-state index in [0.717, 1.165) is 33.8 Å². The Morgan fingerprint density at radius 2 is 1.72 bits per heavy atom. The van der Waals surface area contributed by atoms with Crippen LogP contribution in [0.5, 0.6) is 0 Å². The number of rotatable bonds is 7. The molecular weight excluding hydrogens is 504 g/mol. The van der Waals surface area contributed by atoms with Crippen LogP contribution in [0.15, 0.2) is 84.0 Å². The Balaban J connectivity index is 1.25. The molecule has 1 N–H and O–H groups in total. The summed E-state index contributed by atoms with van der Waals surface area (Å²) in [4.78, 5) is 27.2. The molecule has 0 bridgehead atoms. The van der Waals surface area contributed by atoms with Gasteiger partial charge < -0.3 is 9.47 Å². The van der Waals surface area contributed by atoms with Crippen molar-refractivity contribution in [3.8, 4) is 5.69 Å². The van der Waals surface area contributed by atoms with Gasteiger partial charge in [-0.05, 0) is 80.3 Å². The van der Waals surface area contributed by atoms with Gasteiger partial charge in [0.1, 0.15) is 5.37 Å². The Morgan fingerprint density at radius 3 is 2.44 bits per heavy atom. The lowest BCUT2D eigenvalue weighted by Gasteiger charge is -2.24. The molecule has 1 saturated heterocycles. The van der Waals surface area contributed by atoms with Crippen LogP contribution in [0, 0.1) is 27.7 Å². The van der Waals surface area contributed by atoms with Crippen molar-refractivity contribution in [3.05, 3.63) is 124 Å². The van der Waals surface area contributed by atoms with Crippen LogP contribution >= 0.6 is 11.8 Å². The summed E-state index contributed by atoms with van der Waals surface area (Å²) in [7, 11) is 0. The molecule has 2 heterocycles. The molecule has 0 aliphatic carbocycles. The average Bonchev–Trinajstić information content (AvgIpc) is 3.44. The molecule has 39 heavy (non-hydrogen) atoms. The Hall–Kier alpha value is -4.10. The van der Waals surface area contributed by atoms with Crippen LogP contribution in [-0.2, 0) is 11.3 Å². The summed E-state index contributed by atoms with van der Waals surface area (Å²) in [6.45, 7) is 8.91. The Bertz CT molecular complexity index is 1540. The zero-order valence-electron chi connectivity index (χ0n) is 22.6. The van der Waals surface area contributed by atoms with Gasteiger partial charge in [-0.3, -0.25) is 9.59 Å². The van der Waals surface area contributed by atoms with Crippen molar-refractivity contribution in [2.24, 2.45) is 5.10 Å². The quantitative estimate of drug-likeness (QED) is 0.224. The molecule has 6 nitrogen and oxygen atoms in total. The lowest BCUT2D eigenvalue weighted by molar-refractivity contribution is -0.128. The maximum atomic E-state index is 12.8. The molecule has 7 heteroatoms. The third kappa shape index (κ3) is 5.68. The van der Waals surface area contributed by atoms with Gasteiger partial charge in [0.2, 0.25) is 5.91 Å². The molecular formula is C32H32N4O2S. The highest BCUT2D eigenvalue weighted by Gasteiger charge is 2.32. The summed E-state index contributed by atoms with van der Waals surface area (Å²) in [5, 5.41) is 4.16. The number of carbonyl (C=O) groups excluding carboxylic acids is 2. The highest BCUT2D eigenvalue weighted by Crippen LogP contribution is 2.39. The van der Waals surface area contributed by atoms with Gasteiger partial charge in [-0.25, -0.2) is 5.43 Å². The van der Waals surface area contributed by atoms with Gasteiger partial charge >= 0.3 is 0 Å². The van der Waals surface area contributed by atoms with Crippen molar-refractivity contribution in [2.45, 2.75) is 39.6 Å². The molecule has 198 valence electrons. The van der Waals surface area contributed by atoms with Gasteiger partial charge in [-0.15, -0.1) is 11.8 Å². The van der Waals surface area contributed by atoms with Crippen molar-refractivity contribution in [3.63, 3.8) is 0 Å². The third-order valence-corrected chi connectivity index (χ3v) is 8.47. The van der Waals surface area contributed by atoms with E-state index >= 15 is 0 Å². The van der Waals surface area contributed by atoms with Crippen molar-refractivity contribution in [1.82, 2.24) is 14.9 Å². The predicted molar refractivity (Wildman–Crippen MR) is 158 cm³/mol. The molecule has 1 atom stereocenters. The summed E-state index contributed by atoms with van der Waals surface area (Å²) >= 11 is 1.61. The van der Waals surface area contributed by atoms with Gasteiger partial charge in [0, 0.05) is 34.7 Å². The van der Waals surface area contributed by atoms with E-state index in [1.54, 1.807) is 30.1 Å². The van der Waals surface area contributed by atoms with Crippen molar-refractivity contribution in [1.29, 1.82) is 0 Å². The van der Waals surface area contributed by atoms with Gasteiger partial charge in [0.05, 0.1) is 12.0 Å². The number of amides is 2. The highest BCUT2D eigenvalue weighted by atomic mass is 32.2. The highest BCUT2D eigenvalue weighted by molar-refractivity contribution is 8.00. The lowest BCUT2D eigenvalue weighted by Crippen LogP contribution is -2.27. The minimum Gasteiger partial charge on any atom is -0.322 e. The summed E-state index contributed by atoms with van der Waals surface area (Å²) in [6, 6.07) is 25.9. The van der Waals surface area contributed by atoms with E-state index in [0.29, 0.717) is 17.9 Å². The number of aryl methyl sites for hydroxylation is 3. The molecule has 5 rings (SSSR count). The smallest absolute Gasteiger partial charge is 0.271 e. The van der Waals surface area contributed by atoms with Crippen LogP contribution in [0.4, 0.5) is 0 Å². The van der Waals surface area contributed by atoms with E-state index in [2.05, 4.69) is 67.1 Å². The first kappa shape index (κ1) is 26.5. The first-order chi connectivity index (χ1) is 18.8. The summed E-state index contributed by atoms with van der Waals surface area (Å²) < 4.78 is 2.20. The summed E-state index contributed by atoms with van der Waals surface area (Å²) in [5.74, 6) is 0.303. The number of carbonyl (C=O) groups is 2. The summed E-state index contributed by atoms with van der Waals surface area (Å²) in [6.07, 6.45) is 1.69. The lowest BCUT2D eigenvalue weighted by atomic mass is 10.1. The van der Waals surface area contributed by atoms with Crippen molar-refractivity contribution >= 4 is 29.8 Å². The molecule has 2 amide bonds. The number of aromatic nitrogens is 1. The number of thioether (sulfide) groups is 1. The van der Waals surface area contributed by atoms with Crippen molar-refractivity contribution < 1.29 is 9.59 Å². The molecule has 0 saturated carbocycles. The number of hydrogen-bond donors (Lipinski definition) is 1. The van der Waals surface area contributed by atoms with E-state index < -0.39 is 0 Å². The maximum absolute atomic E-state index is 12.8. The SMILES string of the molecule is Cc1ccc(-n2c(C)cc(/C=N\NC(=O)c3ccc([C@@H]4SCC(=O)N4Cc4ccccc4)cc3)c2C)cc1C. The van der Waals surface area contributed by atoms with Gasteiger partial charge in [-0.2, -0.15) is 5.10 Å². The fourth-order valence-electron chi connectivity index (χ4n) is 4.89. The van der Waals surface area contributed by atoms with E-state index in [-0.39, 0.29) is 17.2 Å². The molecule has 1 aliphatic rings. The minimum atomic E-state index is -0.280. The largest absolute Gasteiger partial charge is 0.322 e. The van der Waals surface area contributed by atoms with Gasteiger partial charge in [0.15, 0.2) is 0 Å². The molecule has 1 aliphatic heterocycles. The number of benzene rings is 3. The zero-order chi connectivity index (χ0) is 27.5. The maximum Gasteiger partial charge on any atom is 0.271 e. The normalized spacial score (nSPS) is 15.3. The van der Waals surface area contributed by atoms with Crippen LogP contribution < -0.4 is 5.43 Å². The van der Waals surface area contributed by atoms with Crippen LogP contribution in [-0.4, -0.2) is 33.2 Å². The average molecular weight is 537 g/mol. The molecule has 0 spiro atoms. The van der Waals surface area contributed by atoms with E-state index in [4.69, 9.17) is 0 Å². The molecule has 1 fully saturated rings. The standard InChI is InChI=1S/C32H32N4O2S/c1-21-10-15-29(16-22(21)2)36-23(3)17-28(24(36)4)18-33-34-31(38)26-11-13-27(14-12-26)32-35(30(37)20-39-32)19-25-8-6-5-7-9-25/h5-18,32H,19-20H2,1-4H3,(H,34,38)/b33-18-/t32-/m0/s1. The first-order valence-corrected chi connectivity index (χ1v) is 14.0. The number of hydrazone groups is 1. The molecule has 1 aromatic heterocycles. The van der Waals surface area contributed by atoms with Crippen LogP contribution in [0.3, 0.4) is 0 Å². The fraction of sp³-hybridized carbons (Fsp3) is 0.219. The number of nitrogens with zero attached hydrogens (tertiary/aromatic N) is 3. The topological polar surface area (TPSA) is 66.7 Å². The van der Waals surface area contributed by atoms with Gasteiger partial charge in [0.25, 0.3) is 5.91 Å². The monoisotopic (exact) mass is 536 g/mol. The molecule has 0 unspecified atom stereocenters. The molecule has 0 radical (unpaired) electrons. The number of hydrogen-bond acceptors (Lipinski definition) is 4. The Kier molecular flexibility index (Phi) is 7.70. The summed E-state index contributed by atoms with van der Waals surface area (Å²) in [5.41, 5.74) is 12.0. The van der Waals surface area contributed by atoms with Crippen molar-refractivity contribution in [2.75, 3.05) is 5.75 Å². The zero-order valence-corrected chi connectivity index (χ0v) is 23.5. The Labute approximate surface area is 233 Å².